The van der Waals surface area contributed by atoms with Gasteiger partial charge in [-0.25, -0.2) is 9.80 Å². The Morgan fingerprint density at radius 1 is 1.17 bits per heavy atom. The van der Waals surface area contributed by atoms with E-state index in [0.29, 0.717) is 6.42 Å². The van der Waals surface area contributed by atoms with Gasteiger partial charge in [-0.2, -0.15) is 5.10 Å². The largest absolute Gasteiger partial charge is 0.453 e. The van der Waals surface area contributed by atoms with E-state index in [9.17, 15) is 4.79 Å². The molecule has 0 aromatic heterocycles. The van der Waals surface area contributed by atoms with Crippen molar-refractivity contribution in [2.24, 2.45) is 5.10 Å². The Kier molecular flexibility index (Phi) is 4.86. The standard InChI is InChI=1S/C18H17N3O2S/c1-23-18(22)19-17(24)21-16(14-10-6-3-7-11-14)12-15(20-21)13-8-4-2-5-9-13/h2-11,16H,12H2,1H3,(H,19,22,24)/t16-/m1/s1. The lowest BCUT2D eigenvalue weighted by molar-refractivity contribution is 0.175. The molecule has 6 heteroatoms. The summed E-state index contributed by atoms with van der Waals surface area (Å²) in [6, 6.07) is 19.9. The van der Waals surface area contributed by atoms with Crippen molar-refractivity contribution in [2.45, 2.75) is 12.5 Å². The number of carbonyl (C=O) groups is 1. The summed E-state index contributed by atoms with van der Waals surface area (Å²) in [4.78, 5) is 11.5. The zero-order valence-electron chi connectivity index (χ0n) is 13.2. The van der Waals surface area contributed by atoms with Gasteiger partial charge < -0.3 is 4.74 Å². The van der Waals surface area contributed by atoms with Crippen LogP contribution in [0.5, 0.6) is 0 Å². The van der Waals surface area contributed by atoms with E-state index < -0.39 is 6.09 Å². The van der Waals surface area contributed by atoms with E-state index in [1.54, 1.807) is 5.01 Å². The number of amides is 1. The molecule has 0 bridgehead atoms. The van der Waals surface area contributed by atoms with Gasteiger partial charge in [0.1, 0.15) is 0 Å². The lowest BCUT2D eigenvalue weighted by Gasteiger charge is -2.23. The van der Waals surface area contributed by atoms with Crippen LogP contribution in [0.3, 0.4) is 0 Å². The number of methoxy groups -OCH3 is 1. The van der Waals surface area contributed by atoms with Gasteiger partial charge in [0.05, 0.1) is 18.9 Å². The van der Waals surface area contributed by atoms with E-state index >= 15 is 0 Å². The fourth-order valence-corrected chi connectivity index (χ4v) is 2.88. The van der Waals surface area contributed by atoms with Crippen LogP contribution < -0.4 is 5.32 Å². The summed E-state index contributed by atoms with van der Waals surface area (Å²) >= 11 is 5.34. The minimum absolute atomic E-state index is 0.0638. The van der Waals surface area contributed by atoms with E-state index in [0.717, 1.165) is 16.8 Å². The molecule has 0 saturated heterocycles. The van der Waals surface area contributed by atoms with E-state index in [1.165, 1.54) is 7.11 Å². The van der Waals surface area contributed by atoms with Gasteiger partial charge in [-0.1, -0.05) is 60.7 Å². The summed E-state index contributed by atoms with van der Waals surface area (Å²) in [7, 11) is 1.30. The Balaban J connectivity index is 1.91. The van der Waals surface area contributed by atoms with Crippen molar-refractivity contribution in [3.05, 3.63) is 71.8 Å². The first kappa shape index (κ1) is 16.1. The summed E-state index contributed by atoms with van der Waals surface area (Å²) in [5, 5.41) is 9.07. The third-order valence-corrected chi connectivity index (χ3v) is 4.09. The van der Waals surface area contributed by atoms with Crippen LogP contribution in [-0.2, 0) is 4.74 Å². The van der Waals surface area contributed by atoms with Gasteiger partial charge in [0.15, 0.2) is 5.11 Å². The third-order valence-electron chi connectivity index (χ3n) is 3.80. The molecular weight excluding hydrogens is 322 g/mol. The Bertz CT molecular complexity index is 762. The minimum Gasteiger partial charge on any atom is -0.453 e. The van der Waals surface area contributed by atoms with Crippen LogP contribution in [-0.4, -0.2) is 29.0 Å². The smallest absolute Gasteiger partial charge is 0.413 e. The second kappa shape index (κ2) is 7.23. The number of rotatable bonds is 2. The third kappa shape index (κ3) is 3.44. The first-order chi connectivity index (χ1) is 11.7. The van der Waals surface area contributed by atoms with Gasteiger partial charge in [0.2, 0.25) is 0 Å². The average Bonchev–Trinajstić information content (AvgIpc) is 3.08. The number of hydrogen-bond donors (Lipinski definition) is 1. The Labute approximate surface area is 145 Å². The van der Waals surface area contributed by atoms with Crippen molar-refractivity contribution in [3.63, 3.8) is 0 Å². The molecule has 0 saturated carbocycles. The van der Waals surface area contributed by atoms with Crippen molar-refractivity contribution in [2.75, 3.05) is 7.11 Å². The molecule has 1 aliphatic heterocycles. The zero-order chi connectivity index (χ0) is 16.9. The molecule has 122 valence electrons. The highest BCUT2D eigenvalue weighted by molar-refractivity contribution is 7.80. The Morgan fingerprint density at radius 2 is 1.79 bits per heavy atom. The van der Waals surface area contributed by atoms with Crippen molar-refractivity contribution in [1.29, 1.82) is 0 Å². The van der Waals surface area contributed by atoms with Gasteiger partial charge in [-0.3, -0.25) is 5.32 Å². The quantitative estimate of drug-likeness (QED) is 0.851. The van der Waals surface area contributed by atoms with E-state index in [1.807, 2.05) is 60.7 Å². The molecule has 24 heavy (non-hydrogen) atoms. The second-order valence-electron chi connectivity index (χ2n) is 5.31. The van der Waals surface area contributed by atoms with Crippen molar-refractivity contribution in [3.8, 4) is 0 Å². The molecule has 3 rings (SSSR count). The van der Waals surface area contributed by atoms with Crippen LogP contribution in [0.1, 0.15) is 23.6 Å². The first-order valence-electron chi connectivity index (χ1n) is 7.55. The monoisotopic (exact) mass is 339 g/mol. The first-order valence-corrected chi connectivity index (χ1v) is 7.96. The minimum atomic E-state index is -0.602. The van der Waals surface area contributed by atoms with E-state index in [-0.39, 0.29) is 11.2 Å². The van der Waals surface area contributed by atoms with Crippen LogP contribution in [0.4, 0.5) is 4.79 Å². The van der Waals surface area contributed by atoms with Crippen molar-refractivity contribution >= 4 is 29.1 Å². The Hall–Kier alpha value is -2.73. The molecule has 0 radical (unpaired) electrons. The van der Waals surface area contributed by atoms with Crippen LogP contribution in [0, 0.1) is 0 Å². The maximum absolute atomic E-state index is 11.5. The second-order valence-corrected chi connectivity index (χ2v) is 5.70. The molecule has 5 nitrogen and oxygen atoms in total. The van der Waals surface area contributed by atoms with Crippen LogP contribution in [0.2, 0.25) is 0 Å². The predicted octanol–water partition coefficient (Wildman–Crippen LogP) is 3.48. The number of ether oxygens (including phenoxy) is 1. The molecule has 0 aliphatic carbocycles. The van der Waals surface area contributed by atoms with Gasteiger partial charge in [0.25, 0.3) is 0 Å². The number of hydrazone groups is 1. The maximum atomic E-state index is 11.5. The molecule has 1 aliphatic rings. The summed E-state index contributed by atoms with van der Waals surface area (Å²) in [6.07, 6.45) is 0.104. The van der Waals surface area contributed by atoms with E-state index in [4.69, 9.17) is 12.2 Å². The summed E-state index contributed by atoms with van der Waals surface area (Å²) < 4.78 is 4.62. The number of benzene rings is 2. The number of nitrogens with one attached hydrogen (secondary N) is 1. The lowest BCUT2D eigenvalue weighted by Crippen LogP contribution is -2.40. The van der Waals surface area contributed by atoms with Crippen LogP contribution >= 0.6 is 12.2 Å². The van der Waals surface area contributed by atoms with Gasteiger partial charge in [0, 0.05) is 6.42 Å². The van der Waals surface area contributed by atoms with Crippen molar-refractivity contribution < 1.29 is 9.53 Å². The van der Waals surface area contributed by atoms with Crippen LogP contribution in [0.15, 0.2) is 65.8 Å². The number of nitrogens with zero attached hydrogens (tertiary/aromatic N) is 2. The number of thiocarbonyl (C=S) groups is 1. The van der Waals surface area contributed by atoms with E-state index in [2.05, 4.69) is 15.2 Å². The van der Waals surface area contributed by atoms with Gasteiger partial charge in [-0.15, -0.1) is 0 Å². The molecule has 0 fully saturated rings. The number of hydrogen-bond acceptors (Lipinski definition) is 4. The molecule has 0 unspecified atom stereocenters. The van der Waals surface area contributed by atoms with Gasteiger partial charge in [-0.05, 0) is 23.3 Å². The average molecular weight is 339 g/mol. The fourth-order valence-electron chi connectivity index (χ4n) is 2.63. The molecule has 1 heterocycles. The summed E-state index contributed by atoms with van der Waals surface area (Å²) in [5.41, 5.74) is 3.06. The highest BCUT2D eigenvalue weighted by Crippen LogP contribution is 2.32. The molecule has 0 spiro atoms. The number of alkyl carbamates (subject to hydrolysis) is 1. The predicted molar refractivity (Wildman–Crippen MR) is 96.8 cm³/mol. The van der Waals surface area contributed by atoms with Crippen LogP contribution in [0.25, 0.3) is 0 Å². The normalized spacial score (nSPS) is 16.5. The summed E-state index contributed by atoms with van der Waals surface area (Å²) in [6.45, 7) is 0. The topological polar surface area (TPSA) is 53.9 Å². The number of carbonyl (C=O) groups excluding carboxylic acids is 1. The Morgan fingerprint density at radius 3 is 2.42 bits per heavy atom. The van der Waals surface area contributed by atoms with Crippen molar-refractivity contribution in [1.82, 2.24) is 10.3 Å². The highest BCUT2D eigenvalue weighted by Gasteiger charge is 2.31. The molecule has 2 aromatic carbocycles. The highest BCUT2D eigenvalue weighted by atomic mass is 32.1. The lowest BCUT2D eigenvalue weighted by atomic mass is 9.99. The summed E-state index contributed by atoms with van der Waals surface area (Å²) in [5.74, 6) is 0. The molecule has 1 amide bonds. The molecular formula is C18H17N3O2S. The SMILES string of the molecule is COC(=O)NC(=S)N1N=C(c2ccccc2)C[C@@H]1c1ccccc1. The zero-order valence-corrected chi connectivity index (χ0v) is 14.0. The molecule has 2 aromatic rings. The molecule has 1 N–H and O–H groups in total. The van der Waals surface area contributed by atoms with Gasteiger partial charge >= 0.3 is 6.09 Å². The molecule has 1 atom stereocenters. The maximum Gasteiger partial charge on any atom is 0.413 e. The fraction of sp³-hybridized carbons (Fsp3) is 0.167.